The molecule has 1 saturated heterocycles. The smallest absolute Gasteiger partial charge is 0.263 e. The average molecular weight is 431 g/mol. The predicted octanol–water partition coefficient (Wildman–Crippen LogP) is 3.90. The van der Waals surface area contributed by atoms with Crippen molar-refractivity contribution in [1.29, 1.82) is 0 Å². The number of halogens is 2. The number of anilines is 1. The van der Waals surface area contributed by atoms with E-state index in [0.717, 1.165) is 37.0 Å². The van der Waals surface area contributed by atoms with Gasteiger partial charge in [0.2, 0.25) is 0 Å². The minimum Gasteiger partial charge on any atom is -0.397 e. The molecule has 2 aromatic heterocycles. The van der Waals surface area contributed by atoms with Gasteiger partial charge in [-0.05, 0) is 80.6 Å². The first-order valence-corrected chi connectivity index (χ1v) is 10.9. The highest BCUT2D eigenvalue weighted by molar-refractivity contribution is 7.21. The molecule has 1 aromatic carbocycles. The van der Waals surface area contributed by atoms with Crippen LogP contribution in [0, 0.1) is 18.6 Å². The van der Waals surface area contributed by atoms with E-state index in [4.69, 9.17) is 5.73 Å². The lowest BCUT2D eigenvalue weighted by molar-refractivity contribution is 0.0959. The van der Waals surface area contributed by atoms with Crippen LogP contribution >= 0.6 is 11.3 Å². The second-order valence-corrected chi connectivity index (χ2v) is 8.64. The van der Waals surface area contributed by atoms with Gasteiger partial charge < -0.3 is 16.4 Å². The van der Waals surface area contributed by atoms with E-state index in [1.54, 1.807) is 0 Å². The zero-order valence-corrected chi connectivity index (χ0v) is 17.5. The number of pyridine rings is 1. The molecule has 1 amide bonds. The summed E-state index contributed by atoms with van der Waals surface area (Å²) in [5, 5.41) is 6.73. The third-order valence-corrected chi connectivity index (χ3v) is 6.68. The van der Waals surface area contributed by atoms with Crippen molar-refractivity contribution in [3.8, 4) is 0 Å². The second kappa shape index (κ2) is 8.65. The van der Waals surface area contributed by atoms with Crippen molar-refractivity contribution in [1.82, 2.24) is 15.6 Å². The van der Waals surface area contributed by atoms with Gasteiger partial charge in [0.05, 0.1) is 5.69 Å². The SMILES string of the molecule is Cc1ccc2c(N)c(C(=O)NCCc3cc(F)c(C4CCNCC4)cc3F)sc2n1. The first-order chi connectivity index (χ1) is 14.4. The molecule has 4 rings (SSSR count). The summed E-state index contributed by atoms with van der Waals surface area (Å²) in [6.07, 6.45) is 1.80. The van der Waals surface area contributed by atoms with Crippen molar-refractivity contribution in [3.63, 3.8) is 0 Å². The van der Waals surface area contributed by atoms with Crippen molar-refractivity contribution in [2.75, 3.05) is 25.4 Å². The van der Waals surface area contributed by atoms with E-state index < -0.39 is 5.82 Å². The molecule has 0 unspecified atom stereocenters. The lowest BCUT2D eigenvalue weighted by Gasteiger charge is -2.23. The first-order valence-electron chi connectivity index (χ1n) is 10.1. The average Bonchev–Trinajstić information content (AvgIpc) is 3.06. The lowest BCUT2D eigenvalue weighted by Crippen LogP contribution is -2.27. The lowest BCUT2D eigenvalue weighted by atomic mass is 9.89. The third kappa shape index (κ3) is 4.15. The number of benzene rings is 1. The second-order valence-electron chi connectivity index (χ2n) is 7.65. The molecule has 158 valence electrons. The fourth-order valence-electron chi connectivity index (χ4n) is 3.89. The number of rotatable bonds is 5. The molecule has 0 spiro atoms. The van der Waals surface area contributed by atoms with Crippen LogP contribution in [0.5, 0.6) is 0 Å². The third-order valence-electron chi connectivity index (χ3n) is 5.56. The largest absolute Gasteiger partial charge is 0.397 e. The van der Waals surface area contributed by atoms with Crippen molar-refractivity contribution in [3.05, 3.63) is 57.6 Å². The Kier molecular flexibility index (Phi) is 5.97. The number of aromatic nitrogens is 1. The zero-order chi connectivity index (χ0) is 21.3. The number of carbonyl (C=O) groups is 1. The standard InChI is InChI=1S/C22H24F2N4OS/c1-12-2-3-15-19(25)20(30-22(15)28-12)21(29)27-9-6-14-10-18(24)16(11-17(14)23)13-4-7-26-8-5-13/h2-3,10-11,13,26H,4-9,25H2,1H3,(H,27,29). The molecule has 8 heteroatoms. The van der Waals surface area contributed by atoms with E-state index in [0.29, 0.717) is 21.0 Å². The van der Waals surface area contributed by atoms with Gasteiger partial charge in [0, 0.05) is 17.6 Å². The quantitative estimate of drug-likeness (QED) is 0.574. The highest BCUT2D eigenvalue weighted by Crippen LogP contribution is 2.32. The number of nitrogen functional groups attached to an aromatic ring is 1. The van der Waals surface area contributed by atoms with Gasteiger partial charge in [0.1, 0.15) is 21.3 Å². The molecule has 1 aliphatic rings. The van der Waals surface area contributed by atoms with E-state index in [1.807, 2.05) is 19.1 Å². The summed E-state index contributed by atoms with van der Waals surface area (Å²) in [6.45, 7) is 3.69. The van der Waals surface area contributed by atoms with Crippen LogP contribution in [0.1, 0.15) is 45.3 Å². The van der Waals surface area contributed by atoms with E-state index >= 15 is 0 Å². The Morgan fingerprint density at radius 2 is 2.03 bits per heavy atom. The van der Waals surface area contributed by atoms with Crippen LogP contribution in [0.25, 0.3) is 10.2 Å². The topological polar surface area (TPSA) is 80.0 Å². The van der Waals surface area contributed by atoms with Crippen LogP contribution < -0.4 is 16.4 Å². The summed E-state index contributed by atoms with van der Waals surface area (Å²) in [5.41, 5.74) is 8.04. The van der Waals surface area contributed by atoms with Crippen molar-refractivity contribution in [2.24, 2.45) is 0 Å². The number of nitrogens with zero attached hydrogens (tertiary/aromatic N) is 1. The fourth-order valence-corrected chi connectivity index (χ4v) is 4.95. The summed E-state index contributed by atoms with van der Waals surface area (Å²) in [5.74, 6) is -1.09. The van der Waals surface area contributed by atoms with E-state index in [9.17, 15) is 13.6 Å². The van der Waals surface area contributed by atoms with E-state index in [1.165, 1.54) is 23.5 Å². The van der Waals surface area contributed by atoms with Crippen LogP contribution in [0.3, 0.4) is 0 Å². The molecule has 0 radical (unpaired) electrons. The molecular formula is C22H24F2N4OS. The van der Waals surface area contributed by atoms with Crippen molar-refractivity contribution < 1.29 is 13.6 Å². The number of aryl methyl sites for hydroxylation is 1. The number of piperidine rings is 1. The molecule has 3 aromatic rings. The number of hydrogen-bond donors (Lipinski definition) is 3. The van der Waals surface area contributed by atoms with Gasteiger partial charge >= 0.3 is 0 Å². The van der Waals surface area contributed by atoms with Gasteiger partial charge in [-0.3, -0.25) is 4.79 Å². The Bertz CT molecular complexity index is 1090. The number of nitrogens with two attached hydrogens (primary N) is 1. The molecule has 0 aliphatic carbocycles. The molecule has 0 atom stereocenters. The zero-order valence-electron chi connectivity index (χ0n) is 16.7. The Balaban J connectivity index is 1.42. The van der Waals surface area contributed by atoms with Gasteiger partial charge in [-0.15, -0.1) is 11.3 Å². The monoisotopic (exact) mass is 430 g/mol. The number of fused-ring (bicyclic) bond motifs is 1. The van der Waals surface area contributed by atoms with Crippen LogP contribution in [-0.2, 0) is 6.42 Å². The number of nitrogens with one attached hydrogen (secondary N) is 2. The highest BCUT2D eigenvalue weighted by Gasteiger charge is 2.21. The molecule has 5 nitrogen and oxygen atoms in total. The first kappa shape index (κ1) is 20.7. The van der Waals surface area contributed by atoms with Crippen LogP contribution in [-0.4, -0.2) is 30.5 Å². The summed E-state index contributed by atoms with van der Waals surface area (Å²) < 4.78 is 29.1. The van der Waals surface area contributed by atoms with E-state index in [-0.39, 0.29) is 36.2 Å². The summed E-state index contributed by atoms with van der Waals surface area (Å²) in [4.78, 5) is 18.0. The number of thiophene rings is 1. The Labute approximate surface area is 177 Å². The molecule has 3 heterocycles. The van der Waals surface area contributed by atoms with E-state index in [2.05, 4.69) is 15.6 Å². The molecular weight excluding hydrogens is 406 g/mol. The number of hydrogen-bond acceptors (Lipinski definition) is 5. The number of amides is 1. The maximum Gasteiger partial charge on any atom is 0.263 e. The Hall–Kier alpha value is -2.58. The molecule has 30 heavy (non-hydrogen) atoms. The minimum atomic E-state index is -0.430. The van der Waals surface area contributed by atoms with Gasteiger partial charge in [0.15, 0.2) is 0 Å². The Morgan fingerprint density at radius 3 is 2.80 bits per heavy atom. The maximum absolute atomic E-state index is 14.6. The highest BCUT2D eigenvalue weighted by atomic mass is 32.1. The van der Waals surface area contributed by atoms with Crippen molar-refractivity contribution >= 4 is 33.1 Å². The molecule has 1 aliphatic heterocycles. The Morgan fingerprint density at radius 1 is 1.27 bits per heavy atom. The summed E-state index contributed by atoms with van der Waals surface area (Å²) >= 11 is 1.23. The summed E-state index contributed by atoms with van der Waals surface area (Å²) in [6, 6.07) is 6.28. The van der Waals surface area contributed by atoms with Gasteiger partial charge in [-0.1, -0.05) is 0 Å². The fraction of sp³-hybridized carbons (Fsp3) is 0.364. The normalized spacial score (nSPS) is 14.9. The van der Waals surface area contributed by atoms with Crippen LogP contribution in [0.15, 0.2) is 24.3 Å². The number of carbonyl (C=O) groups excluding carboxylic acids is 1. The van der Waals surface area contributed by atoms with Gasteiger partial charge in [-0.25, -0.2) is 13.8 Å². The molecule has 0 bridgehead atoms. The maximum atomic E-state index is 14.6. The van der Waals surface area contributed by atoms with Crippen LogP contribution in [0.2, 0.25) is 0 Å². The minimum absolute atomic E-state index is 0.0442. The predicted molar refractivity (Wildman–Crippen MR) is 116 cm³/mol. The molecule has 0 saturated carbocycles. The van der Waals surface area contributed by atoms with Crippen molar-refractivity contribution in [2.45, 2.75) is 32.1 Å². The van der Waals surface area contributed by atoms with Crippen LogP contribution in [0.4, 0.5) is 14.5 Å². The summed E-state index contributed by atoms with van der Waals surface area (Å²) in [7, 11) is 0. The van der Waals surface area contributed by atoms with Gasteiger partial charge in [0.25, 0.3) is 5.91 Å². The molecule has 4 N–H and O–H groups in total. The van der Waals surface area contributed by atoms with Gasteiger partial charge in [-0.2, -0.15) is 0 Å². The molecule has 1 fully saturated rings.